The molecule has 2 aromatic carbocycles. The highest BCUT2D eigenvalue weighted by atomic mass is 35.5. The van der Waals surface area contributed by atoms with Crippen LogP contribution in [0.3, 0.4) is 0 Å². The van der Waals surface area contributed by atoms with E-state index in [9.17, 15) is 0 Å². The predicted molar refractivity (Wildman–Crippen MR) is 118 cm³/mol. The van der Waals surface area contributed by atoms with E-state index in [2.05, 4.69) is 20.5 Å². The number of nitrogens with zero attached hydrogens (tertiary/aromatic N) is 3. The minimum Gasteiger partial charge on any atom is -0.455 e. The first-order chi connectivity index (χ1) is 14.6. The van der Waals surface area contributed by atoms with Gasteiger partial charge in [0.1, 0.15) is 5.76 Å². The van der Waals surface area contributed by atoms with Gasteiger partial charge < -0.3 is 14.5 Å². The number of aryl methyl sites for hydroxylation is 1. The van der Waals surface area contributed by atoms with E-state index < -0.39 is 6.23 Å². The zero-order chi connectivity index (χ0) is 20.7. The number of fused-ring (bicyclic) bond motifs is 3. The summed E-state index contributed by atoms with van der Waals surface area (Å²) < 4.78 is 12.3. The van der Waals surface area contributed by atoms with Crippen molar-refractivity contribution in [3.05, 3.63) is 70.9 Å². The van der Waals surface area contributed by atoms with E-state index in [1.807, 2.05) is 67.8 Å². The van der Waals surface area contributed by atoms with Gasteiger partial charge in [0.25, 0.3) is 0 Å². The molecule has 1 aliphatic rings. The molecule has 30 heavy (non-hydrogen) atoms. The Labute approximate surface area is 182 Å². The fourth-order valence-electron chi connectivity index (χ4n) is 3.26. The number of aromatic nitrogens is 3. The molecule has 0 saturated heterocycles. The summed E-state index contributed by atoms with van der Waals surface area (Å²) in [7, 11) is 0. The fraction of sp³-hybridized carbons (Fsp3) is 0.136. The normalized spacial score (nSPS) is 14.8. The molecule has 1 N–H and O–H groups in total. The number of thioether (sulfide) groups is 1. The Morgan fingerprint density at radius 3 is 2.77 bits per heavy atom. The molecule has 6 nitrogen and oxygen atoms in total. The quantitative estimate of drug-likeness (QED) is 0.395. The lowest BCUT2D eigenvalue weighted by atomic mass is 10.1. The van der Waals surface area contributed by atoms with Gasteiger partial charge in [-0.05, 0) is 43.0 Å². The summed E-state index contributed by atoms with van der Waals surface area (Å²) in [5.74, 6) is 1.74. The van der Waals surface area contributed by atoms with E-state index in [0.29, 0.717) is 33.3 Å². The Morgan fingerprint density at radius 2 is 1.93 bits per heavy atom. The average molecular weight is 437 g/mol. The van der Waals surface area contributed by atoms with Crippen molar-refractivity contribution in [1.82, 2.24) is 15.2 Å². The summed E-state index contributed by atoms with van der Waals surface area (Å²) in [5, 5.41) is 13.1. The minimum atomic E-state index is -0.575. The molecule has 1 aliphatic heterocycles. The second-order valence-electron chi connectivity index (χ2n) is 6.81. The lowest BCUT2D eigenvalue weighted by Gasteiger charge is -2.16. The number of anilines is 1. The predicted octanol–water partition coefficient (Wildman–Crippen LogP) is 5.99. The van der Waals surface area contributed by atoms with Gasteiger partial charge in [-0.25, -0.2) is 0 Å². The van der Waals surface area contributed by atoms with Crippen molar-refractivity contribution in [3.63, 3.8) is 0 Å². The lowest BCUT2D eigenvalue weighted by molar-refractivity contribution is 0.196. The molecule has 2 aromatic heterocycles. The van der Waals surface area contributed by atoms with Crippen molar-refractivity contribution in [3.8, 4) is 28.5 Å². The maximum atomic E-state index is 6.28. The highest BCUT2D eigenvalue weighted by Gasteiger charge is 2.28. The maximum Gasteiger partial charge on any atom is 0.247 e. The fourth-order valence-corrected chi connectivity index (χ4v) is 3.73. The van der Waals surface area contributed by atoms with Crippen LogP contribution in [0.5, 0.6) is 5.88 Å². The van der Waals surface area contributed by atoms with Crippen molar-refractivity contribution in [2.75, 3.05) is 11.6 Å². The molecule has 150 valence electrons. The molecule has 8 heteroatoms. The van der Waals surface area contributed by atoms with E-state index in [1.54, 1.807) is 0 Å². The first kappa shape index (κ1) is 19.0. The summed E-state index contributed by atoms with van der Waals surface area (Å²) in [6, 6.07) is 17.5. The molecule has 0 amide bonds. The third-order valence-electron chi connectivity index (χ3n) is 4.86. The van der Waals surface area contributed by atoms with Crippen LogP contribution < -0.4 is 10.1 Å². The molecule has 0 saturated carbocycles. The van der Waals surface area contributed by atoms with Crippen LogP contribution in [0.2, 0.25) is 5.02 Å². The van der Waals surface area contributed by atoms with Gasteiger partial charge in [-0.1, -0.05) is 53.7 Å². The van der Waals surface area contributed by atoms with Crippen molar-refractivity contribution >= 4 is 29.1 Å². The van der Waals surface area contributed by atoms with Crippen LogP contribution in [-0.2, 0) is 0 Å². The Hall–Kier alpha value is -3.03. The first-order valence-corrected chi connectivity index (χ1v) is 10.9. The topological polar surface area (TPSA) is 73.1 Å². The van der Waals surface area contributed by atoms with Crippen LogP contribution in [0, 0.1) is 6.92 Å². The number of benzene rings is 2. The van der Waals surface area contributed by atoms with Gasteiger partial charge in [-0.15, -0.1) is 10.2 Å². The number of hydrogen-bond donors (Lipinski definition) is 1. The molecule has 0 bridgehead atoms. The zero-order valence-electron chi connectivity index (χ0n) is 16.2. The standard InChI is InChI=1S/C22H17ClN4O2S/c1-12-7-8-13(11-15(12)23)17-9-10-18(28-17)20-24-16-6-4-3-5-14(16)19-21(29-20)25-22(30-2)27-26-19/h3-11,20,24H,1-2H3. The van der Waals surface area contributed by atoms with Crippen LogP contribution in [-0.4, -0.2) is 21.4 Å². The molecular weight excluding hydrogens is 420 g/mol. The third-order valence-corrected chi connectivity index (χ3v) is 5.80. The number of nitrogens with one attached hydrogen (secondary N) is 1. The molecular formula is C22H17ClN4O2S. The number of para-hydroxylation sites is 1. The van der Waals surface area contributed by atoms with E-state index in [-0.39, 0.29) is 0 Å². The molecule has 1 unspecified atom stereocenters. The maximum absolute atomic E-state index is 6.28. The van der Waals surface area contributed by atoms with Gasteiger partial charge in [0, 0.05) is 21.8 Å². The summed E-state index contributed by atoms with van der Waals surface area (Å²) in [6.07, 6.45) is 1.32. The number of hydrogen-bond acceptors (Lipinski definition) is 7. The smallest absolute Gasteiger partial charge is 0.247 e. The number of ether oxygens (including phenoxy) is 1. The molecule has 5 rings (SSSR count). The monoisotopic (exact) mass is 436 g/mol. The molecule has 4 aromatic rings. The van der Waals surface area contributed by atoms with Crippen LogP contribution in [0.4, 0.5) is 5.69 Å². The van der Waals surface area contributed by atoms with Crippen molar-refractivity contribution in [2.24, 2.45) is 0 Å². The van der Waals surface area contributed by atoms with E-state index in [4.69, 9.17) is 20.8 Å². The zero-order valence-corrected chi connectivity index (χ0v) is 17.8. The van der Waals surface area contributed by atoms with Gasteiger partial charge >= 0.3 is 0 Å². The van der Waals surface area contributed by atoms with Gasteiger partial charge in [0.2, 0.25) is 17.3 Å². The van der Waals surface area contributed by atoms with Gasteiger partial charge in [0.05, 0.1) is 0 Å². The number of furan rings is 1. The summed E-state index contributed by atoms with van der Waals surface area (Å²) >= 11 is 7.69. The molecule has 1 atom stereocenters. The lowest BCUT2D eigenvalue weighted by Crippen LogP contribution is -2.16. The van der Waals surface area contributed by atoms with Crippen LogP contribution in [0.1, 0.15) is 17.6 Å². The SMILES string of the molecule is CSc1nnc2c(n1)OC(c1ccc(-c3ccc(C)c(Cl)c3)o1)Nc1ccccc1-2. The molecule has 0 aliphatic carbocycles. The van der Waals surface area contributed by atoms with E-state index >= 15 is 0 Å². The Kier molecular flexibility index (Phi) is 4.84. The molecule has 0 radical (unpaired) electrons. The summed E-state index contributed by atoms with van der Waals surface area (Å²) in [4.78, 5) is 4.52. The third kappa shape index (κ3) is 3.40. The van der Waals surface area contributed by atoms with E-state index in [1.165, 1.54) is 11.8 Å². The second kappa shape index (κ2) is 7.66. The molecule has 0 fully saturated rings. The van der Waals surface area contributed by atoms with Crippen molar-refractivity contribution < 1.29 is 9.15 Å². The Bertz CT molecular complexity index is 1240. The van der Waals surface area contributed by atoms with Gasteiger partial charge in [-0.3, -0.25) is 0 Å². The Balaban J connectivity index is 1.55. The number of rotatable bonds is 3. The second-order valence-corrected chi connectivity index (χ2v) is 7.99. The van der Waals surface area contributed by atoms with Crippen molar-refractivity contribution in [2.45, 2.75) is 18.3 Å². The first-order valence-electron chi connectivity index (χ1n) is 9.30. The van der Waals surface area contributed by atoms with Crippen LogP contribution >= 0.6 is 23.4 Å². The molecule has 3 heterocycles. The van der Waals surface area contributed by atoms with Gasteiger partial charge in [0.15, 0.2) is 11.5 Å². The number of halogens is 1. The molecule has 0 spiro atoms. The largest absolute Gasteiger partial charge is 0.455 e. The summed E-state index contributed by atoms with van der Waals surface area (Å²) in [5.41, 5.74) is 4.26. The Morgan fingerprint density at radius 1 is 1.07 bits per heavy atom. The highest BCUT2D eigenvalue weighted by molar-refractivity contribution is 7.98. The average Bonchev–Trinajstić information content (AvgIpc) is 3.19. The van der Waals surface area contributed by atoms with Crippen LogP contribution in [0.15, 0.2) is 64.2 Å². The van der Waals surface area contributed by atoms with Crippen molar-refractivity contribution in [1.29, 1.82) is 0 Å². The summed E-state index contributed by atoms with van der Waals surface area (Å²) in [6.45, 7) is 1.97. The van der Waals surface area contributed by atoms with Crippen LogP contribution in [0.25, 0.3) is 22.6 Å². The van der Waals surface area contributed by atoms with Gasteiger partial charge in [-0.2, -0.15) is 4.98 Å². The van der Waals surface area contributed by atoms with E-state index in [0.717, 1.165) is 22.4 Å². The minimum absolute atomic E-state index is 0.410. The highest BCUT2D eigenvalue weighted by Crippen LogP contribution is 2.40.